The molecule has 0 bridgehead atoms. The predicted octanol–water partition coefficient (Wildman–Crippen LogP) is 2.89. The molecule has 144 valence electrons. The van der Waals surface area contributed by atoms with Crippen molar-refractivity contribution in [1.82, 2.24) is 0 Å². The largest absolute Gasteiger partial charge is 0.459 e. The van der Waals surface area contributed by atoms with E-state index in [9.17, 15) is 14.4 Å². The van der Waals surface area contributed by atoms with E-state index in [-0.39, 0.29) is 31.2 Å². The quantitative estimate of drug-likeness (QED) is 0.462. The maximum absolute atomic E-state index is 11.9. The van der Waals surface area contributed by atoms with E-state index in [1.54, 1.807) is 6.92 Å². The predicted molar refractivity (Wildman–Crippen MR) is 89.5 cm³/mol. The van der Waals surface area contributed by atoms with Crippen LogP contribution in [0.2, 0.25) is 0 Å². The molecule has 25 heavy (non-hydrogen) atoms. The van der Waals surface area contributed by atoms with Crippen LogP contribution >= 0.6 is 0 Å². The van der Waals surface area contributed by atoms with Gasteiger partial charge in [-0.1, -0.05) is 20.8 Å². The Bertz CT molecular complexity index is 449. The van der Waals surface area contributed by atoms with Crippen molar-refractivity contribution in [2.45, 2.75) is 97.2 Å². The molecule has 0 aromatic rings. The second kappa shape index (κ2) is 11.1. The SMILES string of the molecule is CCCC(=O)OC1O[C@@H](C)[C@@H](OC(=O)CCC)C[C@@H]1OC(=O)CCC. The molecule has 0 spiro atoms. The average molecular weight is 358 g/mol. The lowest BCUT2D eigenvalue weighted by Crippen LogP contribution is -2.51. The summed E-state index contributed by atoms with van der Waals surface area (Å²) in [5, 5.41) is 0. The number of rotatable bonds is 9. The summed E-state index contributed by atoms with van der Waals surface area (Å²) >= 11 is 0. The number of esters is 3. The molecule has 1 saturated heterocycles. The molecule has 0 aliphatic carbocycles. The van der Waals surface area contributed by atoms with Crippen molar-refractivity contribution in [2.24, 2.45) is 0 Å². The van der Waals surface area contributed by atoms with Gasteiger partial charge in [0.25, 0.3) is 0 Å². The first kappa shape index (κ1) is 21.4. The van der Waals surface area contributed by atoms with Gasteiger partial charge in [0, 0.05) is 25.7 Å². The Hall–Kier alpha value is -1.63. The molecule has 0 amide bonds. The summed E-state index contributed by atoms with van der Waals surface area (Å²) in [5.74, 6) is -1.11. The van der Waals surface area contributed by atoms with Crippen molar-refractivity contribution in [3.63, 3.8) is 0 Å². The van der Waals surface area contributed by atoms with E-state index in [2.05, 4.69) is 0 Å². The molecule has 0 radical (unpaired) electrons. The van der Waals surface area contributed by atoms with Gasteiger partial charge in [-0.2, -0.15) is 0 Å². The Labute approximate surface area is 149 Å². The summed E-state index contributed by atoms with van der Waals surface area (Å²) in [4.78, 5) is 35.4. The van der Waals surface area contributed by atoms with Crippen molar-refractivity contribution in [2.75, 3.05) is 0 Å². The van der Waals surface area contributed by atoms with Crippen LogP contribution in [-0.2, 0) is 33.3 Å². The standard InChI is InChI=1S/C18H30O7/c1-5-8-15(19)23-13-11-14(24-16(20)9-6-2)18(22-12(13)4)25-17(21)10-7-3/h12-14,18H,5-11H2,1-4H3/t12-,13-,14-,18?/m0/s1. The summed E-state index contributed by atoms with van der Waals surface area (Å²) in [6.45, 7) is 7.37. The van der Waals surface area contributed by atoms with Crippen LogP contribution in [0, 0.1) is 0 Å². The normalized spacial score (nSPS) is 25.9. The second-order valence-electron chi connectivity index (χ2n) is 6.24. The maximum atomic E-state index is 11.9. The first-order valence-corrected chi connectivity index (χ1v) is 9.15. The Morgan fingerprint density at radius 3 is 1.72 bits per heavy atom. The summed E-state index contributed by atoms with van der Waals surface area (Å²) in [6.07, 6.45) is 0.325. The molecule has 1 aliphatic rings. The van der Waals surface area contributed by atoms with Crippen LogP contribution in [0.4, 0.5) is 0 Å². The molecular formula is C18H30O7. The highest BCUT2D eigenvalue weighted by Gasteiger charge is 2.42. The third-order valence-electron chi connectivity index (χ3n) is 3.82. The van der Waals surface area contributed by atoms with Crippen LogP contribution in [-0.4, -0.2) is 42.5 Å². The van der Waals surface area contributed by atoms with Crippen LogP contribution in [0.3, 0.4) is 0 Å². The van der Waals surface area contributed by atoms with Crippen LogP contribution in [0.25, 0.3) is 0 Å². The molecule has 0 N–H and O–H groups in total. The van der Waals surface area contributed by atoms with Gasteiger partial charge in [0.15, 0.2) is 6.10 Å². The third kappa shape index (κ3) is 7.42. The van der Waals surface area contributed by atoms with Crippen LogP contribution < -0.4 is 0 Å². The molecular weight excluding hydrogens is 328 g/mol. The van der Waals surface area contributed by atoms with E-state index in [1.165, 1.54) is 0 Å². The van der Waals surface area contributed by atoms with Gasteiger partial charge in [0.05, 0.1) is 6.10 Å². The van der Waals surface area contributed by atoms with Gasteiger partial charge >= 0.3 is 17.9 Å². The first-order chi connectivity index (χ1) is 11.9. The van der Waals surface area contributed by atoms with Gasteiger partial charge in [-0.25, -0.2) is 0 Å². The van der Waals surface area contributed by atoms with Crippen molar-refractivity contribution < 1.29 is 33.3 Å². The molecule has 1 aliphatic heterocycles. The van der Waals surface area contributed by atoms with Crippen molar-refractivity contribution >= 4 is 17.9 Å². The highest BCUT2D eigenvalue weighted by atomic mass is 16.7. The van der Waals surface area contributed by atoms with Crippen molar-refractivity contribution in [3.8, 4) is 0 Å². The summed E-state index contributed by atoms with van der Waals surface area (Å²) < 4.78 is 21.8. The summed E-state index contributed by atoms with van der Waals surface area (Å²) in [7, 11) is 0. The summed E-state index contributed by atoms with van der Waals surface area (Å²) in [6, 6.07) is 0. The minimum atomic E-state index is -0.976. The highest BCUT2D eigenvalue weighted by molar-refractivity contribution is 5.71. The van der Waals surface area contributed by atoms with Crippen LogP contribution in [0.1, 0.15) is 72.6 Å². The molecule has 7 heteroatoms. The zero-order valence-corrected chi connectivity index (χ0v) is 15.6. The van der Waals surface area contributed by atoms with Crippen LogP contribution in [0.5, 0.6) is 0 Å². The molecule has 0 aromatic heterocycles. The van der Waals surface area contributed by atoms with Crippen molar-refractivity contribution in [1.29, 1.82) is 0 Å². The highest BCUT2D eigenvalue weighted by Crippen LogP contribution is 2.27. The molecule has 0 aromatic carbocycles. The van der Waals surface area contributed by atoms with E-state index < -0.39 is 30.6 Å². The molecule has 0 saturated carbocycles. The maximum Gasteiger partial charge on any atom is 0.308 e. The topological polar surface area (TPSA) is 88.1 Å². The Balaban J connectivity index is 2.77. The second-order valence-corrected chi connectivity index (χ2v) is 6.24. The number of ether oxygens (including phenoxy) is 4. The van der Waals surface area contributed by atoms with Crippen LogP contribution in [0.15, 0.2) is 0 Å². The third-order valence-corrected chi connectivity index (χ3v) is 3.82. The Kier molecular flexibility index (Phi) is 9.49. The first-order valence-electron chi connectivity index (χ1n) is 9.15. The van der Waals surface area contributed by atoms with Gasteiger partial charge < -0.3 is 18.9 Å². The minimum Gasteiger partial charge on any atom is -0.459 e. The van der Waals surface area contributed by atoms with Gasteiger partial charge in [-0.05, 0) is 26.2 Å². The molecule has 1 rings (SSSR count). The molecule has 1 unspecified atom stereocenters. The minimum absolute atomic E-state index is 0.246. The van der Waals surface area contributed by atoms with E-state index in [4.69, 9.17) is 18.9 Å². The fourth-order valence-corrected chi connectivity index (χ4v) is 2.53. The fourth-order valence-electron chi connectivity index (χ4n) is 2.53. The molecule has 1 heterocycles. The van der Waals surface area contributed by atoms with Crippen molar-refractivity contribution in [3.05, 3.63) is 0 Å². The summed E-state index contributed by atoms with van der Waals surface area (Å²) in [5.41, 5.74) is 0. The molecule has 4 atom stereocenters. The Morgan fingerprint density at radius 2 is 1.24 bits per heavy atom. The fraction of sp³-hybridized carbons (Fsp3) is 0.833. The monoisotopic (exact) mass is 358 g/mol. The Morgan fingerprint density at radius 1 is 0.800 bits per heavy atom. The smallest absolute Gasteiger partial charge is 0.308 e. The van der Waals surface area contributed by atoms with E-state index in [1.807, 2.05) is 20.8 Å². The number of carbonyl (C=O) groups excluding carboxylic acids is 3. The van der Waals surface area contributed by atoms with Gasteiger partial charge in [-0.3, -0.25) is 14.4 Å². The lowest BCUT2D eigenvalue weighted by atomic mass is 10.0. The van der Waals surface area contributed by atoms with Gasteiger partial charge in [0.2, 0.25) is 6.29 Å². The van der Waals surface area contributed by atoms with Gasteiger partial charge in [0.1, 0.15) is 6.10 Å². The van der Waals surface area contributed by atoms with E-state index >= 15 is 0 Å². The van der Waals surface area contributed by atoms with E-state index in [0.29, 0.717) is 25.7 Å². The van der Waals surface area contributed by atoms with Gasteiger partial charge in [-0.15, -0.1) is 0 Å². The lowest BCUT2D eigenvalue weighted by molar-refractivity contribution is -0.263. The zero-order valence-electron chi connectivity index (χ0n) is 15.6. The average Bonchev–Trinajstić information content (AvgIpc) is 2.52. The number of hydrogen-bond donors (Lipinski definition) is 0. The molecule has 1 fully saturated rings. The molecule has 7 nitrogen and oxygen atoms in total. The number of hydrogen-bond acceptors (Lipinski definition) is 7. The number of carbonyl (C=O) groups is 3. The van der Waals surface area contributed by atoms with E-state index in [0.717, 1.165) is 0 Å². The zero-order chi connectivity index (χ0) is 18.8. The lowest BCUT2D eigenvalue weighted by Gasteiger charge is -2.38.